The summed E-state index contributed by atoms with van der Waals surface area (Å²) in [5, 5.41) is 0.207. The molecule has 0 bridgehead atoms. The highest BCUT2D eigenvalue weighted by atomic mass is 35.7. The first-order chi connectivity index (χ1) is 8.62. The maximum atomic E-state index is 11.7. The van der Waals surface area contributed by atoms with Crippen LogP contribution in [0.5, 0.6) is 5.75 Å². The van der Waals surface area contributed by atoms with Crippen molar-refractivity contribution in [2.24, 2.45) is 0 Å². The van der Waals surface area contributed by atoms with Crippen molar-refractivity contribution < 1.29 is 17.9 Å². The van der Waals surface area contributed by atoms with E-state index < -0.39 is 15.2 Å². The van der Waals surface area contributed by atoms with Crippen LogP contribution >= 0.6 is 22.3 Å². The molecule has 0 aliphatic heterocycles. The van der Waals surface area contributed by atoms with Crippen molar-refractivity contribution in [3.05, 3.63) is 23.2 Å². The van der Waals surface area contributed by atoms with E-state index in [9.17, 15) is 13.2 Å². The first kappa shape index (κ1) is 16.1. The van der Waals surface area contributed by atoms with Crippen LogP contribution in [0.4, 0.5) is 0 Å². The molecule has 0 aliphatic rings. The van der Waals surface area contributed by atoms with Gasteiger partial charge in [0.15, 0.2) is 6.10 Å². The van der Waals surface area contributed by atoms with Crippen molar-refractivity contribution in [1.82, 2.24) is 4.90 Å². The highest BCUT2D eigenvalue weighted by Gasteiger charge is 2.22. The van der Waals surface area contributed by atoms with Gasteiger partial charge in [0, 0.05) is 29.8 Å². The van der Waals surface area contributed by atoms with E-state index in [2.05, 4.69) is 0 Å². The van der Waals surface area contributed by atoms with Crippen LogP contribution in [-0.2, 0) is 13.8 Å². The minimum absolute atomic E-state index is 0.0119. The van der Waals surface area contributed by atoms with E-state index in [-0.39, 0.29) is 21.6 Å². The number of hydrogen-bond donors (Lipinski definition) is 0. The second kappa shape index (κ2) is 5.98. The van der Waals surface area contributed by atoms with Crippen molar-refractivity contribution >= 4 is 37.2 Å². The molecule has 5 nitrogen and oxygen atoms in total. The number of amides is 1. The van der Waals surface area contributed by atoms with Gasteiger partial charge in [-0.2, -0.15) is 0 Å². The average Bonchev–Trinajstić information content (AvgIpc) is 2.28. The Bertz CT molecular complexity index is 586. The Balaban J connectivity index is 3.12. The van der Waals surface area contributed by atoms with Crippen molar-refractivity contribution in [3.8, 4) is 5.75 Å². The SMILES string of the molecule is CC(Oc1ccc(Cl)cc1S(=O)(=O)Cl)C(=O)N(C)C. The zero-order valence-corrected chi connectivity index (χ0v) is 12.9. The monoisotopic (exact) mass is 325 g/mol. The standard InChI is InChI=1S/C11H13Cl2NO4S/c1-7(11(15)14(2)3)18-9-5-4-8(12)6-10(9)19(13,16)17/h4-7H,1-3H3. The summed E-state index contributed by atoms with van der Waals surface area (Å²) in [6.45, 7) is 1.52. The molecule has 1 aromatic carbocycles. The molecule has 0 radical (unpaired) electrons. The van der Waals surface area contributed by atoms with Gasteiger partial charge >= 0.3 is 0 Å². The first-order valence-corrected chi connectivity index (χ1v) is 7.93. The lowest BCUT2D eigenvalue weighted by atomic mass is 10.3. The quantitative estimate of drug-likeness (QED) is 0.795. The number of carbonyl (C=O) groups is 1. The van der Waals surface area contributed by atoms with Gasteiger partial charge in [0.2, 0.25) is 0 Å². The van der Waals surface area contributed by atoms with Crippen LogP contribution in [-0.4, -0.2) is 39.4 Å². The fourth-order valence-electron chi connectivity index (χ4n) is 1.37. The van der Waals surface area contributed by atoms with Crippen molar-refractivity contribution in [2.45, 2.75) is 17.9 Å². The van der Waals surface area contributed by atoms with E-state index in [1.54, 1.807) is 14.1 Å². The zero-order valence-electron chi connectivity index (χ0n) is 10.6. The molecule has 0 saturated heterocycles. The van der Waals surface area contributed by atoms with E-state index in [0.29, 0.717) is 0 Å². The number of likely N-dealkylation sites (N-methyl/N-ethyl adjacent to an activating group) is 1. The number of rotatable bonds is 4. The number of carbonyl (C=O) groups excluding carboxylic acids is 1. The summed E-state index contributed by atoms with van der Waals surface area (Å²) in [5.74, 6) is -0.310. The maximum absolute atomic E-state index is 11.7. The highest BCUT2D eigenvalue weighted by molar-refractivity contribution is 8.13. The third-order valence-corrected chi connectivity index (χ3v) is 3.84. The molecule has 0 aliphatic carbocycles. The Morgan fingerprint density at radius 3 is 2.42 bits per heavy atom. The van der Waals surface area contributed by atoms with Gasteiger partial charge in [-0.05, 0) is 25.1 Å². The summed E-state index contributed by atoms with van der Waals surface area (Å²) >= 11 is 5.72. The van der Waals surface area contributed by atoms with Gasteiger partial charge in [-0.3, -0.25) is 4.79 Å². The minimum Gasteiger partial charge on any atom is -0.479 e. The molecule has 1 rings (SSSR count). The Morgan fingerprint density at radius 2 is 1.95 bits per heavy atom. The van der Waals surface area contributed by atoms with E-state index in [1.807, 2.05) is 0 Å². The molecule has 106 valence electrons. The van der Waals surface area contributed by atoms with Crippen LogP contribution < -0.4 is 4.74 Å². The Kier molecular flexibility index (Phi) is 5.06. The predicted octanol–water partition coefficient (Wildman–Crippen LogP) is 2.12. The van der Waals surface area contributed by atoms with E-state index in [0.717, 1.165) is 0 Å². The summed E-state index contributed by atoms with van der Waals surface area (Å²) in [6.07, 6.45) is -0.839. The van der Waals surface area contributed by atoms with Crippen molar-refractivity contribution in [2.75, 3.05) is 14.1 Å². The Morgan fingerprint density at radius 1 is 1.37 bits per heavy atom. The number of hydrogen-bond acceptors (Lipinski definition) is 4. The van der Waals surface area contributed by atoms with E-state index in [1.165, 1.54) is 30.0 Å². The highest BCUT2D eigenvalue weighted by Crippen LogP contribution is 2.30. The topological polar surface area (TPSA) is 63.7 Å². The fourth-order valence-corrected chi connectivity index (χ4v) is 2.60. The van der Waals surface area contributed by atoms with Crippen molar-refractivity contribution in [3.63, 3.8) is 0 Å². The number of nitrogens with zero attached hydrogens (tertiary/aromatic N) is 1. The molecule has 8 heteroatoms. The van der Waals surface area contributed by atoms with E-state index >= 15 is 0 Å². The molecule has 0 spiro atoms. The normalized spacial score (nSPS) is 12.9. The molecule has 0 aromatic heterocycles. The first-order valence-electron chi connectivity index (χ1n) is 5.25. The smallest absolute Gasteiger partial charge is 0.265 e. The summed E-state index contributed by atoms with van der Waals surface area (Å²) < 4.78 is 28.2. The van der Waals surface area contributed by atoms with Crippen LogP contribution in [0.1, 0.15) is 6.92 Å². The van der Waals surface area contributed by atoms with Crippen LogP contribution in [0, 0.1) is 0 Å². The van der Waals surface area contributed by atoms with E-state index in [4.69, 9.17) is 27.0 Å². The number of halogens is 2. The molecule has 1 amide bonds. The summed E-state index contributed by atoms with van der Waals surface area (Å²) in [4.78, 5) is 12.7. The Hall–Kier alpha value is -0.980. The minimum atomic E-state index is -4.01. The average molecular weight is 326 g/mol. The van der Waals surface area contributed by atoms with Gasteiger partial charge in [-0.1, -0.05) is 11.6 Å². The van der Waals surface area contributed by atoms with Crippen LogP contribution in [0.25, 0.3) is 0 Å². The molecular formula is C11H13Cl2NO4S. The summed E-state index contributed by atoms with van der Waals surface area (Å²) in [7, 11) is 4.44. The summed E-state index contributed by atoms with van der Waals surface area (Å²) in [5.41, 5.74) is 0. The third kappa shape index (κ3) is 4.26. The van der Waals surface area contributed by atoms with Gasteiger partial charge in [-0.25, -0.2) is 8.42 Å². The van der Waals surface area contributed by atoms with Crippen molar-refractivity contribution in [1.29, 1.82) is 0 Å². The molecule has 1 aromatic rings. The molecule has 0 fully saturated rings. The van der Waals surface area contributed by atoms with Crippen LogP contribution in [0.3, 0.4) is 0 Å². The van der Waals surface area contributed by atoms with Crippen LogP contribution in [0.15, 0.2) is 23.1 Å². The van der Waals surface area contributed by atoms with Crippen LogP contribution in [0.2, 0.25) is 5.02 Å². The predicted molar refractivity (Wildman–Crippen MR) is 73.3 cm³/mol. The third-order valence-electron chi connectivity index (χ3n) is 2.26. The Labute approximate surface area is 121 Å². The molecule has 19 heavy (non-hydrogen) atoms. The molecule has 0 N–H and O–H groups in total. The lowest BCUT2D eigenvalue weighted by Crippen LogP contribution is -2.35. The molecule has 1 atom stereocenters. The second-order valence-electron chi connectivity index (χ2n) is 4.02. The van der Waals surface area contributed by atoms with Gasteiger partial charge < -0.3 is 9.64 Å². The molecule has 1 unspecified atom stereocenters. The maximum Gasteiger partial charge on any atom is 0.265 e. The second-order valence-corrected chi connectivity index (χ2v) is 6.99. The lowest BCUT2D eigenvalue weighted by molar-refractivity contribution is -0.135. The summed E-state index contributed by atoms with van der Waals surface area (Å²) in [6, 6.07) is 3.98. The molecular weight excluding hydrogens is 313 g/mol. The fraction of sp³-hybridized carbons (Fsp3) is 0.364. The van der Waals surface area contributed by atoms with Gasteiger partial charge in [-0.15, -0.1) is 0 Å². The van der Waals surface area contributed by atoms with Gasteiger partial charge in [0.1, 0.15) is 10.6 Å². The lowest BCUT2D eigenvalue weighted by Gasteiger charge is -2.19. The zero-order chi connectivity index (χ0) is 14.8. The molecule has 0 saturated carbocycles. The number of ether oxygens (including phenoxy) is 1. The van der Waals surface area contributed by atoms with Gasteiger partial charge in [0.25, 0.3) is 15.0 Å². The van der Waals surface area contributed by atoms with Gasteiger partial charge in [0.05, 0.1) is 0 Å². The number of benzene rings is 1. The largest absolute Gasteiger partial charge is 0.479 e. The molecule has 0 heterocycles.